The highest BCUT2D eigenvalue weighted by Gasteiger charge is 2.31. The van der Waals surface area contributed by atoms with Gasteiger partial charge in [-0.25, -0.2) is 29.7 Å². The molecule has 22 nitrogen and oxygen atoms in total. The first kappa shape index (κ1) is 93.5. The molecule has 4 saturated carbocycles. The number of anilines is 3. The zero-order valence-electron chi connectivity index (χ0n) is 65.5. The molecule has 0 aliphatic heterocycles. The molecule has 0 bridgehead atoms. The molecule has 12 rings (SSSR count). The van der Waals surface area contributed by atoms with Gasteiger partial charge in [0.05, 0.1) is 90.4 Å². The predicted octanol–water partition coefficient (Wildman–Crippen LogP) is 20.4. The van der Waals surface area contributed by atoms with Crippen molar-refractivity contribution in [3.63, 3.8) is 0 Å². The van der Waals surface area contributed by atoms with E-state index < -0.39 is 29.9 Å². The molecule has 0 saturated heterocycles. The summed E-state index contributed by atoms with van der Waals surface area (Å²) in [6.07, 6.45) is 37.2. The van der Waals surface area contributed by atoms with Crippen molar-refractivity contribution in [2.75, 3.05) is 17.2 Å². The summed E-state index contributed by atoms with van der Waals surface area (Å²) < 4.78 is 3.86. The van der Waals surface area contributed by atoms with Gasteiger partial charge in [-0.15, -0.1) is 34.0 Å². The van der Waals surface area contributed by atoms with Crippen molar-refractivity contribution in [1.82, 2.24) is 34.8 Å². The zero-order valence-corrected chi connectivity index (χ0v) is 71.7. The first-order valence-electron chi connectivity index (χ1n) is 39.4. The smallest absolute Gasteiger partial charge is 0.337 e. The average molecular weight is 1720 g/mol. The summed E-state index contributed by atoms with van der Waals surface area (Å²) in [6.45, 7) is 9.19. The van der Waals surface area contributed by atoms with Gasteiger partial charge in [0, 0.05) is 53.2 Å². The third kappa shape index (κ3) is 30.7. The molecule has 4 aliphatic rings. The van der Waals surface area contributed by atoms with Gasteiger partial charge in [0.25, 0.3) is 11.5 Å². The molecular weight excluding hydrogens is 1610 g/mol. The van der Waals surface area contributed by atoms with Crippen molar-refractivity contribution in [2.45, 2.75) is 239 Å². The largest absolute Gasteiger partial charge is 0.481 e. The minimum absolute atomic E-state index is 0.00494. The lowest BCUT2D eigenvalue weighted by molar-refractivity contribution is -0.141. The zero-order chi connectivity index (χ0) is 83.0. The number of nitrogen functional groups attached to an aromatic ring is 3. The van der Waals surface area contributed by atoms with Crippen LogP contribution < -0.4 is 28.1 Å². The summed E-state index contributed by atoms with van der Waals surface area (Å²) >= 11 is 28.4. The van der Waals surface area contributed by atoms with Gasteiger partial charge >= 0.3 is 11.9 Å². The molecule has 4 aliphatic carbocycles. The number of carbonyl (C=O) groups excluding carboxylic acids is 7. The maximum atomic E-state index is 13.4. The number of aromatic nitrogens is 6. The minimum Gasteiger partial charge on any atom is -0.481 e. The van der Waals surface area contributed by atoms with Crippen LogP contribution >= 0.6 is 91.8 Å². The van der Waals surface area contributed by atoms with Crippen LogP contribution in [0, 0.1) is 35.5 Å². The van der Waals surface area contributed by atoms with E-state index in [0.717, 1.165) is 75.1 Å². The van der Waals surface area contributed by atoms with Crippen LogP contribution in [0.3, 0.4) is 0 Å². The number of hydrogen-bond donors (Lipinski definition) is 6. The van der Waals surface area contributed by atoms with Crippen LogP contribution in [0.2, 0.25) is 17.3 Å². The lowest BCUT2D eigenvalue weighted by atomic mass is 9.82. The first-order valence-corrected chi connectivity index (χ1v) is 44.2. The molecule has 3 aromatic carbocycles. The van der Waals surface area contributed by atoms with Gasteiger partial charge in [-0.05, 0) is 85.8 Å². The lowest BCUT2D eigenvalue weighted by Crippen LogP contribution is -2.43. The number of nitrogens with one attached hydrogen (secondary N) is 1. The maximum absolute atomic E-state index is 13.4. The molecule has 0 radical (unpaired) electrons. The quantitative estimate of drug-likeness (QED) is 0.0196. The average Bonchev–Trinajstić information content (AvgIpc) is 1.02. The molecule has 4 unspecified atom stereocenters. The normalized spacial score (nSPS) is 15.7. The topological polar surface area (TPSA) is 371 Å². The van der Waals surface area contributed by atoms with E-state index in [0.29, 0.717) is 122 Å². The number of ketones is 6. The van der Waals surface area contributed by atoms with Gasteiger partial charge in [-0.1, -0.05) is 239 Å². The number of hydrogen-bond acceptors (Lipinski definition) is 22. The number of carboxylic acid groups (broad SMARTS) is 2. The monoisotopic (exact) mass is 1710 g/mol. The standard InChI is InChI=1S/C24H26ClN3O3S.C23H28ClN3O3S.C14H20ClNOS.C10H11NO3.C10H18O2.C3H3ClN2S/c1-2-20(29)16-8-9-17-18(11-16)27-14-28(24(17)31)19(10-15-6-4-3-5-7-15)21(30)12-23-26-13-22(25)32-23;1-2-19(28)15-8-9-16(17(25)11-15)23(30)27-18(10-14-6-4-3-5-7-14)20(29)12-22-26-13-21(24)31-22;1-10(7-11-5-3-2-4-6-11)12(17)8-14-16-9-13(15)18-14;1-2-9(12)6-3-4-7(10(13)14)8(11)5-6;1-8(10(11)12)7-9-5-3-2-4-6-9;4-2-1-6-3(5)7-2/h8-9,11,13-15,19H,2-7,10,12H2,1H3;8-9,11,13-14,18H,2-7,10,12,25H2,1H3,(H,27,30);9-11H,2-8H2,1H3;3-5H,2,11H2,1H3,(H,13,14);8-9H,2-7H2,1H3,(H,11,12);1H,(H2,5,6). The van der Waals surface area contributed by atoms with Crippen LogP contribution in [0.15, 0.2) is 90.5 Å². The fraction of sp³-hybridized carbons (Fsp3) is 0.512. The molecule has 5 aromatic heterocycles. The van der Waals surface area contributed by atoms with Crippen LogP contribution in [0.25, 0.3) is 10.9 Å². The summed E-state index contributed by atoms with van der Waals surface area (Å²) in [4.78, 5) is 142. The van der Waals surface area contributed by atoms with Crippen molar-refractivity contribution >= 4 is 172 Å². The minimum atomic E-state index is -1.09. The number of thiazole rings is 4. The number of carbonyl (C=O) groups is 9. The number of benzene rings is 3. The molecule has 30 heteroatoms. The number of nitrogens with two attached hydrogens (primary N) is 3. The Labute approximate surface area is 703 Å². The molecule has 616 valence electrons. The van der Waals surface area contributed by atoms with E-state index in [1.165, 1.54) is 170 Å². The fourth-order valence-corrected chi connectivity index (χ4v) is 18.3. The molecule has 8 aromatic rings. The van der Waals surface area contributed by atoms with Gasteiger partial charge < -0.3 is 32.7 Å². The maximum Gasteiger partial charge on any atom is 0.337 e. The second-order valence-corrected chi connectivity index (χ2v) is 36.6. The predicted molar refractivity (Wildman–Crippen MR) is 459 cm³/mol. The van der Waals surface area contributed by atoms with Crippen molar-refractivity contribution in [3.8, 4) is 0 Å². The van der Waals surface area contributed by atoms with Crippen molar-refractivity contribution in [2.24, 2.45) is 35.5 Å². The van der Waals surface area contributed by atoms with Crippen LogP contribution in [0.5, 0.6) is 0 Å². The van der Waals surface area contributed by atoms with Gasteiger partial charge in [-0.2, -0.15) is 0 Å². The molecule has 9 N–H and O–H groups in total. The van der Waals surface area contributed by atoms with E-state index in [2.05, 4.69) is 37.2 Å². The van der Waals surface area contributed by atoms with Crippen molar-refractivity contribution < 1.29 is 53.4 Å². The summed E-state index contributed by atoms with van der Waals surface area (Å²) in [5.41, 5.74) is 19.1. The highest BCUT2D eigenvalue weighted by Crippen LogP contribution is 2.35. The second kappa shape index (κ2) is 48.1. The Morgan fingerprint density at radius 2 is 0.860 bits per heavy atom. The van der Waals surface area contributed by atoms with E-state index in [1.807, 2.05) is 6.92 Å². The van der Waals surface area contributed by atoms with E-state index >= 15 is 0 Å². The molecule has 5 heterocycles. The van der Waals surface area contributed by atoms with E-state index in [1.54, 1.807) is 63.5 Å². The number of fused-ring (bicyclic) bond motifs is 1. The Morgan fingerprint density at radius 1 is 0.474 bits per heavy atom. The number of rotatable bonds is 28. The van der Waals surface area contributed by atoms with E-state index in [-0.39, 0.29) is 81.7 Å². The van der Waals surface area contributed by atoms with Crippen molar-refractivity contribution in [3.05, 3.63) is 156 Å². The molecular formula is C84H106Cl4N10O12S4. The number of amides is 1. The number of nitrogens with zero attached hydrogens (tertiary/aromatic N) is 6. The summed E-state index contributed by atoms with van der Waals surface area (Å²) in [6, 6.07) is 12.7. The molecule has 4 atom stereocenters. The molecule has 114 heavy (non-hydrogen) atoms. The molecule has 0 spiro atoms. The SMILES string of the molecule is CC(CC1CCCCC1)C(=O)Cc1ncc(Cl)s1.CC(CC1CCCCC1)C(=O)O.CCC(=O)c1ccc(C(=O)NC(CC2CCCCC2)C(=O)Cc2ncc(Cl)s2)c(N)c1.CCC(=O)c1ccc(C(=O)O)c(N)c1.CCC(=O)c1ccc2c(=O)n(C(CC3CCCCC3)C(=O)Cc3ncc(Cl)s3)cnc2c1.Nc1ncc(Cl)s1. The van der Waals surface area contributed by atoms with Crippen LogP contribution in [0.1, 0.15) is 281 Å². The highest BCUT2D eigenvalue weighted by molar-refractivity contribution is 7.19. The Bertz CT molecular complexity index is 4560. The van der Waals surface area contributed by atoms with Gasteiger partial charge in [-0.3, -0.25) is 47.7 Å². The summed E-state index contributed by atoms with van der Waals surface area (Å²) in [5, 5.41) is 23.4. The third-order valence-electron chi connectivity index (χ3n) is 21.1. The first-order chi connectivity index (χ1) is 54.5. The Hall–Kier alpha value is -7.69. The fourth-order valence-electron chi connectivity index (χ4n) is 14.7. The van der Waals surface area contributed by atoms with Gasteiger partial charge in [0.1, 0.15) is 38.2 Å². The highest BCUT2D eigenvalue weighted by atomic mass is 35.5. The Balaban J connectivity index is 0.000000202. The summed E-state index contributed by atoms with van der Waals surface area (Å²) in [7, 11) is 0. The van der Waals surface area contributed by atoms with Gasteiger partial charge in [0.15, 0.2) is 34.0 Å². The third-order valence-corrected chi connectivity index (χ3v) is 25.4. The number of aliphatic carboxylic acids is 1. The van der Waals surface area contributed by atoms with E-state index in [9.17, 15) is 47.9 Å². The van der Waals surface area contributed by atoms with Crippen LogP contribution in [-0.2, 0) is 38.4 Å². The number of carboxylic acids is 2. The van der Waals surface area contributed by atoms with Gasteiger partial charge in [0.2, 0.25) is 0 Å². The molecule has 1 amide bonds. The summed E-state index contributed by atoms with van der Waals surface area (Å²) in [5.74, 6) is 0.249. The number of aromatic carboxylic acids is 1. The Kier molecular flexibility index (Phi) is 39.5. The van der Waals surface area contributed by atoms with E-state index in [4.69, 9.17) is 73.8 Å². The molecule has 4 fully saturated rings. The van der Waals surface area contributed by atoms with Crippen LogP contribution in [-0.4, -0.2) is 98.3 Å². The van der Waals surface area contributed by atoms with Crippen LogP contribution in [0.4, 0.5) is 16.5 Å². The Morgan fingerprint density at radius 3 is 1.25 bits per heavy atom. The van der Waals surface area contributed by atoms with Crippen molar-refractivity contribution in [1.29, 1.82) is 0 Å². The second-order valence-electron chi connectivity index (χ2n) is 29.7. The number of Topliss-reactive ketones (excluding diaryl/α,β-unsaturated/α-hetero) is 6. The number of halogens is 4. The lowest BCUT2D eigenvalue weighted by Gasteiger charge is -2.27.